The van der Waals surface area contributed by atoms with Crippen LogP contribution in [0.5, 0.6) is 11.5 Å². The van der Waals surface area contributed by atoms with E-state index in [1.807, 2.05) is 10.6 Å². The van der Waals surface area contributed by atoms with Gasteiger partial charge in [0.05, 0.1) is 7.11 Å². The standard InChI is InChI=1S/C18H17ClFN3O2/c1-24-14-5-4-13(20)9-12(14)10-25-15-6-7-23-16(8-11-2-3-11)21-22-18(23)17(15)19/h4-7,9,11H,2-3,8,10H2,1H3. The van der Waals surface area contributed by atoms with Crippen molar-refractivity contribution in [1.29, 1.82) is 0 Å². The number of benzene rings is 1. The van der Waals surface area contributed by atoms with Gasteiger partial charge in [0.15, 0.2) is 5.65 Å². The first kappa shape index (κ1) is 16.1. The number of aromatic nitrogens is 3. The number of hydrogen-bond donors (Lipinski definition) is 0. The highest BCUT2D eigenvalue weighted by molar-refractivity contribution is 6.34. The maximum atomic E-state index is 13.5. The monoisotopic (exact) mass is 361 g/mol. The van der Waals surface area contributed by atoms with Gasteiger partial charge in [0.1, 0.15) is 34.8 Å². The van der Waals surface area contributed by atoms with Crippen LogP contribution in [0.15, 0.2) is 30.5 Å². The van der Waals surface area contributed by atoms with Crippen LogP contribution in [0.3, 0.4) is 0 Å². The Morgan fingerprint density at radius 3 is 2.84 bits per heavy atom. The Kier molecular flexibility index (Phi) is 4.21. The average molecular weight is 362 g/mol. The molecule has 2 aromatic heterocycles. The molecule has 1 aliphatic rings. The number of rotatable bonds is 6. The van der Waals surface area contributed by atoms with Gasteiger partial charge in [-0.15, -0.1) is 10.2 Å². The number of pyridine rings is 1. The zero-order valence-electron chi connectivity index (χ0n) is 13.7. The lowest BCUT2D eigenvalue weighted by atomic mass is 10.2. The highest BCUT2D eigenvalue weighted by atomic mass is 35.5. The van der Waals surface area contributed by atoms with E-state index >= 15 is 0 Å². The van der Waals surface area contributed by atoms with Crippen molar-refractivity contribution in [3.8, 4) is 11.5 Å². The molecule has 0 N–H and O–H groups in total. The molecule has 25 heavy (non-hydrogen) atoms. The SMILES string of the molecule is COc1ccc(F)cc1COc1ccn2c(CC3CC3)nnc2c1Cl. The van der Waals surface area contributed by atoms with Crippen LogP contribution in [0.2, 0.25) is 5.02 Å². The predicted octanol–water partition coefficient (Wildman–Crippen LogP) is 4.06. The minimum atomic E-state index is -0.344. The summed E-state index contributed by atoms with van der Waals surface area (Å²) in [5.74, 6) is 2.32. The summed E-state index contributed by atoms with van der Waals surface area (Å²) in [7, 11) is 1.54. The Labute approximate surface area is 149 Å². The quantitative estimate of drug-likeness (QED) is 0.664. The van der Waals surface area contributed by atoms with Crippen molar-refractivity contribution in [3.05, 3.63) is 52.7 Å². The van der Waals surface area contributed by atoms with Crippen LogP contribution in [0, 0.1) is 11.7 Å². The highest BCUT2D eigenvalue weighted by Crippen LogP contribution is 2.34. The molecule has 4 rings (SSSR count). The van der Waals surface area contributed by atoms with Crippen LogP contribution in [0.25, 0.3) is 5.65 Å². The second-order valence-corrected chi connectivity index (χ2v) is 6.57. The van der Waals surface area contributed by atoms with Gasteiger partial charge in [-0.3, -0.25) is 4.40 Å². The molecule has 1 aliphatic carbocycles. The van der Waals surface area contributed by atoms with Gasteiger partial charge in [-0.25, -0.2) is 4.39 Å². The Bertz CT molecular complexity index is 924. The summed E-state index contributed by atoms with van der Waals surface area (Å²) in [6.07, 6.45) is 5.27. The summed E-state index contributed by atoms with van der Waals surface area (Å²) in [5.41, 5.74) is 1.18. The van der Waals surface area contributed by atoms with Crippen molar-refractivity contribution in [3.63, 3.8) is 0 Å². The van der Waals surface area contributed by atoms with Crippen LogP contribution in [0.4, 0.5) is 4.39 Å². The molecule has 0 radical (unpaired) electrons. The summed E-state index contributed by atoms with van der Waals surface area (Å²) in [6, 6.07) is 6.08. The molecule has 0 amide bonds. The number of ether oxygens (including phenoxy) is 2. The summed E-state index contributed by atoms with van der Waals surface area (Å²) in [5, 5.41) is 8.81. The van der Waals surface area contributed by atoms with E-state index in [1.165, 1.54) is 32.1 Å². The van der Waals surface area contributed by atoms with Gasteiger partial charge in [-0.05, 0) is 43.0 Å². The Hall–Kier alpha value is -2.34. The van der Waals surface area contributed by atoms with Gasteiger partial charge in [0.2, 0.25) is 0 Å². The lowest BCUT2D eigenvalue weighted by Gasteiger charge is -2.12. The van der Waals surface area contributed by atoms with Crippen molar-refractivity contribution in [2.24, 2.45) is 5.92 Å². The molecule has 130 valence electrons. The molecule has 1 fully saturated rings. The van der Waals surface area contributed by atoms with E-state index in [9.17, 15) is 4.39 Å². The summed E-state index contributed by atoms with van der Waals surface area (Å²) >= 11 is 6.42. The number of fused-ring (bicyclic) bond motifs is 1. The number of methoxy groups -OCH3 is 1. The van der Waals surface area contributed by atoms with Crippen molar-refractivity contribution >= 4 is 17.2 Å². The molecule has 3 aromatic rings. The maximum Gasteiger partial charge on any atom is 0.183 e. The first-order chi connectivity index (χ1) is 12.2. The molecule has 5 nitrogen and oxygen atoms in total. The van der Waals surface area contributed by atoms with Crippen molar-refractivity contribution < 1.29 is 13.9 Å². The Morgan fingerprint density at radius 1 is 1.24 bits per heavy atom. The van der Waals surface area contributed by atoms with E-state index in [4.69, 9.17) is 21.1 Å². The molecule has 7 heteroatoms. The summed E-state index contributed by atoms with van der Waals surface area (Å²) in [6.45, 7) is 0.139. The third-order valence-electron chi connectivity index (χ3n) is 4.35. The largest absolute Gasteiger partial charge is 0.496 e. The molecular weight excluding hydrogens is 345 g/mol. The van der Waals surface area contributed by atoms with E-state index in [2.05, 4.69) is 10.2 Å². The van der Waals surface area contributed by atoms with E-state index in [0.717, 1.165) is 12.2 Å². The van der Waals surface area contributed by atoms with Crippen LogP contribution in [0.1, 0.15) is 24.2 Å². The van der Waals surface area contributed by atoms with Crippen molar-refractivity contribution in [2.45, 2.75) is 25.9 Å². The minimum absolute atomic E-state index is 0.139. The first-order valence-electron chi connectivity index (χ1n) is 8.13. The van der Waals surface area contributed by atoms with Crippen molar-refractivity contribution in [1.82, 2.24) is 14.6 Å². The minimum Gasteiger partial charge on any atom is -0.496 e. The van der Waals surface area contributed by atoms with E-state index in [1.54, 1.807) is 12.1 Å². The molecular formula is C18H17ClFN3O2. The lowest BCUT2D eigenvalue weighted by molar-refractivity contribution is 0.296. The van der Waals surface area contributed by atoms with Gasteiger partial charge in [0.25, 0.3) is 0 Å². The predicted molar refractivity (Wildman–Crippen MR) is 91.7 cm³/mol. The number of nitrogens with zero attached hydrogens (tertiary/aromatic N) is 3. The van der Waals surface area contributed by atoms with Gasteiger partial charge in [-0.2, -0.15) is 0 Å². The molecule has 1 saturated carbocycles. The molecule has 0 atom stereocenters. The smallest absolute Gasteiger partial charge is 0.183 e. The maximum absolute atomic E-state index is 13.5. The summed E-state index contributed by atoms with van der Waals surface area (Å²) in [4.78, 5) is 0. The zero-order chi connectivity index (χ0) is 17.4. The molecule has 0 aliphatic heterocycles. The molecule has 2 heterocycles. The number of halogens is 2. The lowest BCUT2D eigenvalue weighted by Crippen LogP contribution is -2.01. The number of hydrogen-bond acceptors (Lipinski definition) is 4. The first-order valence-corrected chi connectivity index (χ1v) is 8.51. The molecule has 1 aromatic carbocycles. The fraction of sp³-hybridized carbons (Fsp3) is 0.333. The second-order valence-electron chi connectivity index (χ2n) is 6.20. The third-order valence-corrected chi connectivity index (χ3v) is 4.70. The Balaban J connectivity index is 1.57. The van der Waals surface area contributed by atoms with Crippen LogP contribution in [-0.4, -0.2) is 21.7 Å². The average Bonchev–Trinajstić information content (AvgIpc) is 3.33. The van der Waals surface area contributed by atoms with Gasteiger partial charge in [0, 0.05) is 18.2 Å². The van der Waals surface area contributed by atoms with Gasteiger partial charge in [-0.1, -0.05) is 11.6 Å². The fourth-order valence-corrected chi connectivity index (χ4v) is 3.05. The Morgan fingerprint density at radius 2 is 2.08 bits per heavy atom. The van der Waals surface area contributed by atoms with Gasteiger partial charge < -0.3 is 9.47 Å². The van der Waals surface area contributed by atoms with Crippen LogP contribution >= 0.6 is 11.6 Å². The summed E-state index contributed by atoms with van der Waals surface area (Å²) < 4.78 is 26.3. The molecule has 0 saturated heterocycles. The van der Waals surface area contributed by atoms with E-state index in [-0.39, 0.29) is 12.4 Å². The fourth-order valence-electron chi connectivity index (χ4n) is 2.80. The van der Waals surface area contributed by atoms with E-state index < -0.39 is 0 Å². The second kappa shape index (κ2) is 6.52. The van der Waals surface area contributed by atoms with Crippen molar-refractivity contribution in [2.75, 3.05) is 7.11 Å². The topological polar surface area (TPSA) is 48.7 Å². The van der Waals surface area contributed by atoms with E-state index in [0.29, 0.717) is 33.7 Å². The molecule has 0 spiro atoms. The van der Waals surface area contributed by atoms with Gasteiger partial charge >= 0.3 is 0 Å². The highest BCUT2D eigenvalue weighted by Gasteiger charge is 2.24. The third kappa shape index (κ3) is 3.26. The van der Waals surface area contributed by atoms with Crippen LogP contribution in [-0.2, 0) is 13.0 Å². The molecule has 0 unspecified atom stereocenters. The van der Waals surface area contributed by atoms with Crippen LogP contribution < -0.4 is 9.47 Å². The zero-order valence-corrected chi connectivity index (χ0v) is 14.5. The normalized spacial score (nSPS) is 14.0. The molecule has 0 bridgehead atoms.